The molecule has 6 rings (SSSR count). The zero-order valence-corrected chi connectivity index (χ0v) is 20.9. The van der Waals surface area contributed by atoms with Crippen molar-refractivity contribution in [2.75, 3.05) is 31.6 Å². The molecule has 2 saturated heterocycles. The fraction of sp³-hybridized carbons (Fsp3) is 0.393. The largest absolute Gasteiger partial charge is 0.508 e. The molecule has 0 saturated carbocycles. The van der Waals surface area contributed by atoms with Crippen molar-refractivity contribution in [3.8, 4) is 23.0 Å². The van der Waals surface area contributed by atoms with Gasteiger partial charge in [0.1, 0.15) is 29.4 Å². The minimum absolute atomic E-state index is 0.0140. The van der Waals surface area contributed by atoms with Crippen molar-refractivity contribution in [2.24, 2.45) is 5.73 Å². The maximum absolute atomic E-state index is 16.2. The van der Waals surface area contributed by atoms with E-state index >= 15 is 4.39 Å². The van der Waals surface area contributed by atoms with Gasteiger partial charge in [0.05, 0.1) is 10.9 Å². The summed E-state index contributed by atoms with van der Waals surface area (Å²) < 4.78 is 22.4. The Morgan fingerprint density at radius 2 is 1.95 bits per heavy atom. The Bertz CT molecular complexity index is 1470. The monoisotopic (exact) mass is 502 g/mol. The first-order chi connectivity index (χ1) is 17.9. The van der Waals surface area contributed by atoms with E-state index in [0.29, 0.717) is 29.9 Å². The third kappa shape index (κ3) is 4.32. The minimum atomic E-state index is -0.592. The summed E-state index contributed by atoms with van der Waals surface area (Å²) in [6.07, 6.45) is 6.05. The van der Waals surface area contributed by atoms with Gasteiger partial charge in [-0.05, 0) is 68.6 Å². The van der Waals surface area contributed by atoms with Gasteiger partial charge < -0.3 is 20.9 Å². The van der Waals surface area contributed by atoms with E-state index in [2.05, 4.69) is 25.2 Å². The molecule has 2 aliphatic heterocycles. The summed E-state index contributed by atoms with van der Waals surface area (Å²) in [5.41, 5.74) is 6.69. The number of nitrogens with zero attached hydrogens (tertiary/aromatic N) is 4. The summed E-state index contributed by atoms with van der Waals surface area (Å²) in [5.74, 6) is -0.118. The van der Waals surface area contributed by atoms with Crippen LogP contribution in [0.25, 0.3) is 32.9 Å². The number of anilines is 1. The Kier molecular flexibility index (Phi) is 6.04. The van der Waals surface area contributed by atoms with Crippen molar-refractivity contribution in [3.63, 3.8) is 0 Å². The van der Waals surface area contributed by atoms with Gasteiger partial charge in [0.15, 0.2) is 5.82 Å². The van der Waals surface area contributed by atoms with E-state index in [1.807, 2.05) is 31.2 Å². The number of phenolic OH excluding ortho intramolecular Hbond substituents is 1. The molecule has 0 radical (unpaired) electrons. The second-order valence-electron chi connectivity index (χ2n) is 10.3. The van der Waals surface area contributed by atoms with Crippen LogP contribution in [0.2, 0.25) is 0 Å². The molecule has 0 bridgehead atoms. The molecule has 192 valence electrons. The normalized spacial score (nSPS) is 17.8. The van der Waals surface area contributed by atoms with E-state index < -0.39 is 5.82 Å². The molecule has 0 unspecified atom stereocenters. The first-order valence-corrected chi connectivity index (χ1v) is 12.9. The minimum Gasteiger partial charge on any atom is -0.508 e. The lowest BCUT2D eigenvalue weighted by atomic mass is 9.95. The van der Waals surface area contributed by atoms with Gasteiger partial charge in [0.2, 0.25) is 0 Å². The lowest BCUT2D eigenvalue weighted by Crippen LogP contribution is -2.43. The number of nitrogens with two attached hydrogens (primary N) is 1. The van der Waals surface area contributed by atoms with E-state index in [9.17, 15) is 5.11 Å². The lowest BCUT2D eigenvalue weighted by molar-refractivity contribution is 0.108. The van der Waals surface area contributed by atoms with Crippen molar-refractivity contribution in [2.45, 2.75) is 44.2 Å². The van der Waals surface area contributed by atoms with Crippen LogP contribution in [0.5, 0.6) is 11.8 Å². The van der Waals surface area contributed by atoms with Crippen LogP contribution in [0.15, 0.2) is 42.6 Å². The van der Waals surface area contributed by atoms with Gasteiger partial charge in [-0.1, -0.05) is 24.3 Å². The molecular formula is C28H31FN6O2. The zero-order valence-electron chi connectivity index (χ0n) is 20.9. The van der Waals surface area contributed by atoms with Crippen LogP contribution in [0.1, 0.15) is 32.6 Å². The summed E-state index contributed by atoms with van der Waals surface area (Å²) in [6, 6.07) is 10.7. The van der Waals surface area contributed by atoms with Crippen molar-refractivity contribution in [3.05, 3.63) is 48.4 Å². The SMILES string of the molecule is C[C@H](N)CNc1nc(OCC23CCCN2CCC3)nc2c(F)c(-c3cc(O)cc4ccccc34)ncc12. The Labute approximate surface area is 214 Å². The third-order valence-corrected chi connectivity index (χ3v) is 7.64. The van der Waals surface area contributed by atoms with Gasteiger partial charge in [-0.15, -0.1) is 0 Å². The molecule has 2 aromatic heterocycles. The number of hydrogen-bond acceptors (Lipinski definition) is 8. The van der Waals surface area contributed by atoms with Crippen LogP contribution in [0, 0.1) is 5.82 Å². The number of phenols is 1. The molecule has 4 heterocycles. The number of hydrogen-bond donors (Lipinski definition) is 3. The smallest absolute Gasteiger partial charge is 0.319 e. The molecule has 8 nitrogen and oxygen atoms in total. The summed E-state index contributed by atoms with van der Waals surface area (Å²) >= 11 is 0. The fourth-order valence-corrected chi connectivity index (χ4v) is 5.83. The highest BCUT2D eigenvalue weighted by atomic mass is 19.1. The highest BCUT2D eigenvalue weighted by Crippen LogP contribution is 2.40. The lowest BCUT2D eigenvalue weighted by Gasteiger charge is -2.31. The molecule has 0 aliphatic carbocycles. The zero-order chi connectivity index (χ0) is 25.6. The summed E-state index contributed by atoms with van der Waals surface area (Å²) in [4.78, 5) is 16.1. The molecule has 2 fully saturated rings. The van der Waals surface area contributed by atoms with E-state index in [-0.39, 0.29) is 34.6 Å². The predicted molar refractivity (Wildman–Crippen MR) is 142 cm³/mol. The van der Waals surface area contributed by atoms with Crippen LogP contribution in [0.3, 0.4) is 0 Å². The molecule has 4 N–H and O–H groups in total. The Morgan fingerprint density at radius 3 is 2.73 bits per heavy atom. The van der Waals surface area contributed by atoms with Crippen LogP contribution >= 0.6 is 0 Å². The second-order valence-corrected chi connectivity index (χ2v) is 10.3. The molecule has 37 heavy (non-hydrogen) atoms. The number of halogens is 1. The highest BCUT2D eigenvalue weighted by Gasteiger charge is 2.45. The van der Waals surface area contributed by atoms with Gasteiger partial charge in [0, 0.05) is 24.3 Å². The van der Waals surface area contributed by atoms with Crippen LogP contribution < -0.4 is 15.8 Å². The van der Waals surface area contributed by atoms with Gasteiger partial charge in [-0.3, -0.25) is 9.88 Å². The highest BCUT2D eigenvalue weighted by molar-refractivity contribution is 5.99. The quantitative estimate of drug-likeness (QED) is 0.340. The number of benzene rings is 2. The summed E-state index contributed by atoms with van der Waals surface area (Å²) in [7, 11) is 0. The predicted octanol–water partition coefficient (Wildman–Crippen LogP) is 4.46. The molecule has 4 aromatic rings. The Hall–Kier alpha value is -3.56. The Morgan fingerprint density at radius 1 is 1.16 bits per heavy atom. The van der Waals surface area contributed by atoms with Gasteiger partial charge in [-0.25, -0.2) is 4.39 Å². The molecule has 2 aromatic carbocycles. The number of pyridine rings is 1. The van der Waals surface area contributed by atoms with Crippen LogP contribution in [0.4, 0.5) is 10.2 Å². The maximum Gasteiger partial charge on any atom is 0.319 e. The van der Waals surface area contributed by atoms with E-state index in [4.69, 9.17) is 10.5 Å². The van der Waals surface area contributed by atoms with E-state index in [1.165, 1.54) is 6.07 Å². The number of nitrogens with one attached hydrogen (secondary N) is 1. The van der Waals surface area contributed by atoms with Crippen molar-refractivity contribution < 1.29 is 14.2 Å². The second kappa shape index (κ2) is 9.39. The third-order valence-electron chi connectivity index (χ3n) is 7.64. The first-order valence-electron chi connectivity index (χ1n) is 12.9. The number of rotatable bonds is 7. The average Bonchev–Trinajstić information content (AvgIpc) is 3.47. The first kappa shape index (κ1) is 23.8. The molecule has 2 aliphatic rings. The summed E-state index contributed by atoms with van der Waals surface area (Å²) in [5, 5.41) is 15.5. The number of ether oxygens (including phenoxy) is 1. The molecule has 9 heteroatoms. The van der Waals surface area contributed by atoms with Crippen molar-refractivity contribution in [1.29, 1.82) is 0 Å². The van der Waals surface area contributed by atoms with Crippen molar-refractivity contribution in [1.82, 2.24) is 19.9 Å². The van der Waals surface area contributed by atoms with E-state index in [0.717, 1.165) is 49.5 Å². The van der Waals surface area contributed by atoms with Crippen LogP contribution in [-0.4, -0.2) is 62.8 Å². The van der Waals surface area contributed by atoms with E-state index in [1.54, 1.807) is 12.3 Å². The molecule has 1 atom stereocenters. The number of aromatic hydroxyl groups is 1. The Balaban J connectivity index is 1.44. The number of fused-ring (bicyclic) bond motifs is 3. The number of aromatic nitrogens is 3. The fourth-order valence-electron chi connectivity index (χ4n) is 5.83. The topological polar surface area (TPSA) is 109 Å². The molecular weight excluding hydrogens is 471 g/mol. The van der Waals surface area contributed by atoms with Crippen LogP contribution in [-0.2, 0) is 0 Å². The van der Waals surface area contributed by atoms with Gasteiger partial charge in [0.25, 0.3) is 0 Å². The van der Waals surface area contributed by atoms with Gasteiger partial charge >= 0.3 is 6.01 Å². The summed E-state index contributed by atoms with van der Waals surface area (Å²) in [6.45, 7) is 4.98. The maximum atomic E-state index is 16.2. The molecule has 0 amide bonds. The molecule has 0 spiro atoms. The average molecular weight is 503 g/mol. The van der Waals surface area contributed by atoms with Gasteiger partial charge in [-0.2, -0.15) is 9.97 Å². The van der Waals surface area contributed by atoms with Crippen molar-refractivity contribution >= 4 is 27.5 Å². The standard InChI is InChI=1S/C28H31FN6O2/c1-17(30)14-32-26-22-15-31-24(21-13-19(36)12-18-6-2-3-7-20(18)21)23(29)25(22)33-27(34-26)37-16-28-8-4-10-35(28)11-5-9-28/h2-3,6-7,12-13,15,17,36H,4-5,8-11,14,16,30H2,1H3,(H,32,33,34)/t17-/m0/s1.